The smallest absolute Gasteiger partial charge is 0.244 e. The van der Waals surface area contributed by atoms with E-state index in [-0.39, 0.29) is 18.1 Å². The molecule has 2 amide bonds. The number of carbonyl (C=O) groups is 2. The molecule has 0 spiro atoms. The zero-order valence-corrected chi connectivity index (χ0v) is 10.1. The quantitative estimate of drug-likeness (QED) is 0.905. The first kappa shape index (κ1) is 12.8. The molecule has 1 N–H and O–H groups in total. The van der Waals surface area contributed by atoms with Crippen LogP contribution in [-0.4, -0.2) is 34.9 Å². The molecule has 1 aliphatic rings. The van der Waals surface area contributed by atoms with Crippen LogP contribution in [-0.2, 0) is 9.59 Å². The maximum absolute atomic E-state index is 12.9. The van der Waals surface area contributed by atoms with Gasteiger partial charge in [-0.2, -0.15) is 0 Å². The second-order valence-electron chi connectivity index (χ2n) is 3.75. The summed E-state index contributed by atoms with van der Waals surface area (Å²) in [5, 5.41) is 2.41. The van der Waals surface area contributed by atoms with E-state index in [0.717, 1.165) is 12.1 Å². The van der Waals surface area contributed by atoms with Gasteiger partial charge in [-0.1, -0.05) is 0 Å². The minimum absolute atomic E-state index is 0.0785. The van der Waals surface area contributed by atoms with Crippen LogP contribution in [0.2, 0.25) is 0 Å². The molecule has 7 heteroatoms. The van der Waals surface area contributed by atoms with Crippen molar-refractivity contribution in [2.75, 3.05) is 23.5 Å². The summed E-state index contributed by atoms with van der Waals surface area (Å²) >= 11 is 1.43. The second-order valence-corrected chi connectivity index (χ2v) is 4.70. The minimum Gasteiger partial charge on any atom is -0.324 e. The van der Waals surface area contributed by atoms with E-state index in [1.165, 1.54) is 22.7 Å². The van der Waals surface area contributed by atoms with Gasteiger partial charge in [0.1, 0.15) is 6.54 Å². The molecule has 18 heavy (non-hydrogen) atoms. The van der Waals surface area contributed by atoms with Crippen LogP contribution >= 0.6 is 11.8 Å². The molecule has 0 radical (unpaired) electrons. The molecule has 1 aliphatic heterocycles. The summed E-state index contributed by atoms with van der Waals surface area (Å²) in [5.41, 5.74) is 0.165. The lowest BCUT2D eigenvalue weighted by atomic mass is 10.3. The summed E-state index contributed by atoms with van der Waals surface area (Å²) in [4.78, 5) is 24.3. The lowest BCUT2D eigenvalue weighted by molar-refractivity contribution is -0.130. The SMILES string of the molecule is O=C(CN1CSCC1=O)Nc1ccc(F)c(F)c1. The van der Waals surface area contributed by atoms with Crippen LogP contribution in [0.25, 0.3) is 0 Å². The van der Waals surface area contributed by atoms with Crippen LogP contribution in [0.4, 0.5) is 14.5 Å². The highest BCUT2D eigenvalue weighted by Gasteiger charge is 2.22. The van der Waals surface area contributed by atoms with Gasteiger partial charge in [-0.15, -0.1) is 11.8 Å². The zero-order valence-electron chi connectivity index (χ0n) is 9.28. The van der Waals surface area contributed by atoms with E-state index in [4.69, 9.17) is 0 Å². The molecular weight excluding hydrogens is 262 g/mol. The van der Waals surface area contributed by atoms with Crippen molar-refractivity contribution < 1.29 is 18.4 Å². The molecule has 0 atom stereocenters. The van der Waals surface area contributed by atoms with Crippen molar-refractivity contribution in [2.24, 2.45) is 0 Å². The highest BCUT2D eigenvalue weighted by atomic mass is 32.2. The van der Waals surface area contributed by atoms with Gasteiger partial charge in [0.25, 0.3) is 0 Å². The summed E-state index contributed by atoms with van der Waals surface area (Å²) in [6.07, 6.45) is 0. The van der Waals surface area contributed by atoms with E-state index in [0.29, 0.717) is 11.6 Å². The van der Waals surface area contributed by atoms with Gasteiger partial charge in [-0.3, -0.25) is 9.59 Å². The third-order valence-electron chi connectivity index (χ3n) is 2.36. The fourth-order valence-corrected chi connectivity index (χ4v) is 2.39. The van der Waals surface area contributed by atoms with Crippen molar-refractivity contribution in [2.45, 2.75) is 0 Å². The van der Waals surface area contributed by atoms with Crippen LogP contribution < -0.4 is 5.32 Å². The zero-order chi connectivity index (χ0) is 13.1. The van der Waals surface area contributed by atoms with E-state index >= 15 is 0 Å². The Kier molecular flexibility index (Phi) is 3.81. The number of benzene rings is 1. The van der Waals surface area contributed by atoms with Gasteiger partial charge in [0.15, 0.2) is 11.6 Å². The third-order valence-corrected chi connectivity index (χ3v) is 3.31. The maximum Gasteiger partial charge on any atom is 0.244 e. The van der Waals surface area contributed by atoms with Gasteiger partial charge >= 0.3 is 0 Å². The molecular formula is C11H10F2N2O2S. The molecule has 96 valence electrons. The van der Waals surface area contributed by atoms with E-state index in [1.54, 1.807) is 0 Å². The van der Waals surface area contributed by atoms with Crippen molar-refractivity contribution in [3.8, 4) is 0 Å². The Morgan fingerprint density at radius 1 is 1.39 bits per heavy atom. The van der Waals surface area contributed by atoms with Crippen molar-refractivity contribution >= 4 is 29.3 Å². The normalized spacial score (nSPS) is 15.0. The molecule has 1 saturated heterocycles. The summed E-state index contributed by atoms with van der Waals surface area (Å²) in [5.74, 6) is -1.68. The molecule has 1 aromatic carbocycles. The fourth-order valence-electron chi connectivity index (χ4n) is 1.49. The number of rotatable bonds is 3. The number of thioether (sulfide) groups is 1. The van der Waals surface area contributed by atoms with Gasteiger partial charge in [-0.25, -0.2) is 8.78 Å². The van der Waals surface area contributed by atoms with Crippen molar-refractivity contribution in [3.63, 3.8) is 0 Å². The van der Waals surface area contributed by atoms with E-state index in [2.05, 4.69) is 5.32 Å². The first-order chi connectivity index (χ1) is 8.56. The number of carbonyl (C=O) groups excluding carboxylic acids is 2. The molecule has 0 saturated carbocycles. The number of anilines is 1. The van der Waals surface area contributed by atoms with Crippen LogP contribution in [0.15, 0.2) is 18.2 Å². The first-order valence-electron chi connectivity index (χ1n) is 5.16. The summed E-state index contributed by atoms with van der Waals surface area (Å²) in [6, 6.07) is 3.09. The largest absolute Gasteiger partial charge is 0.324 e. The molecule has 0 bridgehead atoms. The van der Waals surface area contributed by atoms with Crippen molar-refractivity contribution in [3.05, 3.63) is 29.8 Å². The van der Waals surface area contributed by atoms with Crippen molar-refractivity contribution in [1.29, 1.82) is 0 Å². The standard InChI is InChI=1S/C11H10F2N2O2S/c12-8-2-1-7(3-9(8)13)14-10(16)4-15-6-18-5-11(15)17/h1-3H,4-6H2,(H,14,16). The minimum atomic E-state index is -1.03. The molecule has 2 rings (SSSR count). The Morgan fingerprint density at radius 3 is 2.78 bits per heavy atom. The van der Waals surface area contributed by atoms with Crippen LogP contribution in [0, 0.1) is 11.6 Å². The van der Waals surface area contributed by atoms with Gasteiger partial charge in [-0.05, 0) is 12.1 Å². The lowest BCUT2D eigenvalue weighted by Crippen LogP contribution is -2.34. The Labute approximate surface area is 106 Å². The third kappa shape index (κ3) is 2.98. The molecule has 4 nitrogen and oxygen atoms in total. The predicted molar refractivity (Wildman–Crippen MR) is 64.0 cm³/mol. The predicted octanol–water partition coefficient (Wildman–Crippen LogP) is 1.44. The number of halogens is 2. The monoisotopic (exact) mass is 272 g/mol. The molecule has 1 fully saturated rings. The highest BCUT2D eigenvalue weighted by molar-refractivity contribution is 8.00. The van der Waals surface area contributed by atoms with E-state index in [9.17, 15) is 18.4 Å². The summed E-state index contributed by atoms with van der Waals surface area (Å²) in [6.45, 7) is -0.0785. The van der Waals surface area contributed by atoms with E-state index < -0.39 is 17.5 Å². The van der Waals surface area contributed by atoms with Gasteiger partial charge in [0, 0.05) is 11.8 Å². The molecule has 1 aromatic rings. The summed E-state index contributed by atoms with van der Waals surface area (Å²) < 4.78 is 25.6. The van der Waals surface area contributed by atoms with Crippen LogP contribution in [0.5, 0.6) is 0 Å². The topological polar surface area (TPSA) is 49.4 Å². The molecule has 0 aromatic heterocycles. The van der Waals surface area contributed by atoms with Crippen molar-refractivity contribution in [1.82, 2.24) is 4.90 Å². The number of hydrogen-bond acceptors (Lipinski definition) is 3. The van der Waals surface area contributed by atoms with Gasteiger partial charge in [0.05, 0.1) is 11.6 Å². The Morgan fingerprint density at radius 2 is 2.17 bits per heavy atom. The number of hydrogen-bond donors (Lipinski definition) is 1. The maximum atomic E-state index is 12.9. The molecule has 0 aliphatic carbocycles. The average Bonchev–Trinajstić information content (AvgIpc) is 2.70. The van der Waals surface area contributed by atoms with Crippen LogP contribution in [0.1, 0.15) is 0 Å². The Hall–Kier alpha value is -1.63. The lowest BCUT2D eigenvalue weighted by Gasteiger charge is -2.14. The fraction of sp³-hybridized carbons (Fsp3) is 0.273. The first-order valence-corrected chi connectivity index (χ1v) is 6.32. The average molecular weight is 272 g/mol. The van der Waals surface area contributed by atoms with Crippen LogP contribution in [0.3, 0.4) is 0 Å². The second kappa shape index (κ2) is 5.34. The molecule has 0 unspecified atom stereocenters. The highest BCUT2D eigenvalue weighted by Crippen LogP contribution is 2.16. The van der Waals surface area contributed by atoms with E-state index in [1.807, 2.05) is 0 Å². The van der Waals surface area contributed by atoms with Gasteiger partial charge < -0.3 is 10.2 Å². The Balaban J connectivity index is 1.94. The number of nitrogens with one attached hydrogen (secondary N) is 1. The van der Waals surface area contributed by atoms with Gasteiger partial charge in [0.2, 0.25) is 11.8 Å². The number of amides is 2. The number of nitrogens with zero attached hydrogens (tertiary/aromatic N) is 1. The molecule has 1 heterocycles. The Bertz CT molecular complexity index is 496. The summed E-state index contributed by atoms with van der Waals surface area (Å²) in [7, 11) is 0.